The summed E-state index contributed by atoms with van der Waals surface area (Å²) in [7, 11) is 2.04. The SMILES string of the molecule is Cc1c(N)n[nH]c1-c1cn(C)c2ccccc12. The third-order valence-corrected chi connectivity index (χ3v) is 3.21. The molecule has 0 aliphatic carbocycles. The summed E-state index contributed by atoms with van der Waals surface area (Å²) in [4.78, 5) is 0. The molecule has 0 atom stereocenters. The summed E-state index contributed by atoms with van der Waals surface area (Å²) in [6.07, 6.45) is 2.10. The summed E-state index contributed by atoms with van der Waals surface area (Å²) in [5, 5.41) is 8.27. The highest BCUT2D eigenvalue weighted by atomic mass is 15.2. The minimum absolute atomic E-state index is 0.563. The number of aromatic nitrogens is 3. The zero-order valence-corrected chi connectivity index (χ0v) is 9.86. The standard InChI is InChI=1S/C13H14N4/c1-8-12(15-16-13(8)14)10-7-17(2)11-6-4-3-5-9(10)11/h3-7H,1-2H3,(H3,14,15,16). The number of nitrogens with zero attached hydrogens (tertiary/aromatic N) is 2. The second kappa shape index (κ2) is 3.38. The molecule has 0 aliphatic heterocycles. The largest absolute Gasteiger partial charge is 0.382 e. The Bertz CT molecular complexity index is 691. The van der Waals surface area contributed by atoms with Crippen molar-refractivity contribution in [1.82, 2.24) is 14.8 Å². The molecule has 0 bridgehead atoms. The van der Waals surface area contributed by atoms with Gasteiger partial charge in [0.25, 0.3) is 0 Å². The third kappa shape index (κ3) is 1.34. The molecule has 86 valence electrons. The van der Waals surface area contributed by atoms with Gasteiger partial charge >= 0.3 is 0 Å². The Morgan fingerprint density at radius 2 is 2.06 bits per heavy atom. The molecule has 0 saturated carbocycles. The molecule has 0 saturated heterocycles. The highest BCUT2D eigenvalue weighted by molar-refractivity contribution is 5.96. The Hall–Kier alpha value is -2.23. The van der Waals surface area contributed by atoms with Crippen molar-refractivity contribution in [3.05, 3.63) is 36.0 Å². The number of para-hydroxylation sites is 1. The molecule has 3 N–H and O–H groups in total. The van der Waals surface area contributed by atoms with Crippen molar-refractivity contribution in [2.24, 2.45) is 7.05 Å². The lowest BCUT2D eigenvalue weighted by molar-refractivity contribution is 0.968. The van der Waals surface area contributed by atoms with Gasteiger partial charge in [-0.05, 0) is 13.0 Å². The molecule has 17 heavy (non-hydrogen) atoms. The fraction of sp³-hybridized carbons (Fsp3) is 0.154. The van der Waals surface area contributed by atoms with Gasteiger partial charge < -0.3 is 10.3 Å². The van der Waals surface area contributed by atoms with Gasteiger partial charge in [-0.25, -0.2) is 0 Å². The summed E-state index contributed by atoms with van der Waals surface area (Å²) >= 11 is 0. The molecule has 0 unspecified atom stereocenters. The van der Waals surface area contributed by atoms with Crippen LogP contribution in [0.15, 0.2) is 30.5 Å². The van der Waals surface area contributed by atoms with E-state index in [1.165, 1.54) is 10.9 Å². The second-order valence-corrected chi connectivity index (χ2v) is 4.28. The van der Waals surface area contributed by atoms with E-state index >= 15 is 0 Å². The van der Waals surface area contributed by atoms with Crippen LogP contribution in [0, 0.1) is 6.92 Å². The van der Waals surface area contributed by atoms with Crippen LogP contribution in [-0.2, 0) is 7.05 Å². The van der Waals surface area contributed by atoms with Gasteiger partial charge in [0.1, 0.15) is 5.82 Å². The second-order valence-electron chi connectivity index (χ2n) is 4.28. The number of hydrogen-bond acceptors (Lipinski definition) is 2. The Morgan fingerprint density at radius 3 is 2.76 bits per heavy atom. The number of H-pyrrole nitrogens is 1. The van der Waals surface area contributed by atoms with E-state index < -0.39 is 0 Å². The van der Waals surface area contributed by atoms with Crippen LogP contribution in [-0.4, -0.2) is 14.8 Å². The van der Waals surface area contributed by atoms with E-state index in [9.17, 15) is 0 Å². The summed E-state index contributed by atoms with van der Waals surface area (Å²) in [5.74, 6) is 0.563. The zero-order chi connectivity index (χ0) is 12.0. The lowest BCUT2D eigenvalue weighted by Gasteiger charge is -1.97. The number of benzene rings is 1. The van der Waals surface area contributed by atoms with Crippen LogP contribution in [0.4, 0.5) is 5.82 Å². The van der Waals surface area contributed by atoms with E-state index in [1.54, 1.807) is 0 Å². The smallest absolute Gasteiger partial charge is 0.148 e. The monoisotopic (exact) mass is 226 g/mol. The molecule has 4 heteroatoms. The maximum absolute atomic E-state index is 5.78. The van der Waals surface area contributed by atoms with Crippen molar-refractivity contribution >= 4 is 16.7 Å². The van der Waals surface area contributed by atoms with E-state index in [0.717, 1.165) is 16.8 Å². The molecule has 1 aromatic carbocycles. The highest BCUT2D eigenvalue weighted by Gasteiger charge is 2.13. The molecule has 3 aromatic rings. The Morgan fingerprint density at radius 1 is 1.29 bits per heavy atom. The van der Waals surface area contributed by atoms with Crippen molar-refractivity contribution < 1.29 is 0 Å². The summed E-state index contributed by atoms with van der Waals surface area (Å²) < 4.78 is 2.11. The maximum Gasteiger partial charge on any atom is 0.148 e. The molecule has 2 heterocycles. The van der Waals surface area contributed by atoms with Gasteiger partial charge in [-0.15, -0.1) is 0 Å². The van der Waals surface area contributed by atoms with E-state index in [1.807, 2.05) is 26.1 Å². The molecule has 3 rings (SSSR count). The molecule has 4 nitrogen and oxygen atoms in total. The average Bonchev–Trinajstić information content (AvgIpc) is 2.83. The number of hydrogen-bond donors (Lipinski definition) is 2. The summed E-state index contributed by atoms with van der Waals surface area (Å²) in [6.45, 7) is 1.98. The number of aromatic amines is 1. The van der Waals surface area contributed by atoms with Gasteiger partial charge in [-0.1, -0.05) is 18.2 Å². The first-order valence-corrected chi connectivity index (χ1v) is 5.53. The van der Waals surface area contributed by atoms with Gasteiger partial charge in [0, 0.05) is 35.3 Å². The van der Waals surface area contributed by atoms with Crippen molar-refractivity contribution in [3.8, 4) is 11.3 Å². The number of anilines is 1. The normalized spacial score (nSPS) is 11.2. The molecule has 0 radical (unpaired) electrons. The Labute approximate surface area is 99.1 Å². The van der Waals surface area contributed by atoms with Gasteiger partial charge in [-0.3, -0.25) is 5.10 Å². The first-order valence-electron chi connectivity index (χ1n) is 5.53. The van der Waals surface area contributed by atoms with Crippen LogP contribution >= 0.6 is 0 Å². The molecule has 2 aromatic heterocycles. The van der Waals surface area contributed by atoms with E-state index in [-0.39, 0.29) is 0 Å². The lowest BCUT2D eigenvalue weighted by atomic mass is 10.1. The van der Waals surface area contributed by atoms with Crippen LogP contribution in [0.1, 0.15) is 5.56 Å². The fourth-order valence-electron chi connectivity index (χ4n) is 2.22. The first kappa shape index (κ1) is 9.96. The lowest BCUT2D eigenvalue weighted by Crippen LogP contribution is -1.86. The van der Waals surface area contributed by atoms with Crippen molar-refractivity contribution in [3.63, 3.8) is 0 Å². The Kier molecular flexibility index (Phi) is 1.98. The minimum Gasteiger partial charge on any atom is -0.382 e. The average molecular weight is 226 g/mol. The molecule has 0 amide bonds. The van der Waals surface area contributed by atoms with Gasteiger partial charge in [0.05, 0.1) is 5.69 Å². The van der Waals surface area contributed by atoms with E-state index in [2.05, 4.69) is 33.1 Å². The first-order chi connectivity index (χ1) is 8.18. The molecular weight excluding hydrogens is 212 g/mol. The molecule has 0 aliphatic rings. The molecule has 0 fully saturated rings. The minimum atomic E-state index is 0.563. The van der Waals surface area contributed by atoms with Gasteiger partial charge in [0.2, 0.25) is 0 Å². The van der Waals surface area contributed by atoms with Gasteiger partial charge in [-0.2, -0.15) is 5.10 Å². The Balaban J connectivity index is 2.35. The predicted octanol–water partition coefficient (Wildman–Crippen LogP) is 2.46. The fourth-order valence-corrected chi connectivity index (χ4v) is 2.22. The number of fused-ring (bicyclic) bond motifs is 1. The number of nitrogens with one attached hydrogen (secondary N) is 1. The molecular formula is C13H14N4. The topological polar surface area (TPSA) is 59.6 Å². The van der Waals surface area contributed by atoms with Crippen LogP contribution in [0.2, 0.25) is 0 Å². The third-order valence-electron chi connectivity index (χ3n) is 3.21. The van der Waals surface area contributed by atoms with Crippen molar-refractivity contribution in [2.75, 3.05) is 5.73 Å². The van der Waals surface area contributed by atoms with Crippen LogP contribution in [0.25, 0.3) is 22.2 Å². The number of nitrogens with two attached hydrogens (primary N) is 1. The summed E-state index contributed by atoms with van der Waals surface area (Å²) in [5.41, 5.74) is 10.1. The van der Waals surface area contributed by atoms with Gasteiger partial charge in [0.15, 0.2) is 0 Å². The van der Waals surface area contributed by atoms with E-state index in [4.69, 9.17) is 5.73 Å². The van der Waals surface area contributed by atoms with E-state index in [0.29, 0.717) is 5.82 Å². The number of nitrogen functional groups attached to an aromatic ring is 1. The van der Waals surface area contributed by atoms with Crippen molar-refractivity contribution in [2.45, 2.75) is 6.92 Å². The predicted molar refractivity (Wildman–Crippen MR) is 69.7 cm³/mol. The quantitative estimate of drug-likeness (QED) is 0.669. The van der Waals surface area contributed by atoms with Crippen molar-refractivity contribution in [1.29, 1.82) is 0 Å². The van der Waals surface area contributed by atoms with Crippen LogP contribution < -0.4 is 5.73 Å². The maximum atomic E-state index is 5.78. The number of rotatable bonds is 1. The molecule has 0 spiro atoms. The summed E-state index contributed by atoms with van der Waals surface area (Å²) in [6, 6.07) is 8.30. The van der Waals surface area contributed by atoms with Crippen LogP contribution in [0.3, 0.4) is 0 Å². The highest BCUT2D eigenvalue weighted by Crippen LogP contribution is 2.32. The van der Waals surface area contributed by atoms with Crippen LogP contribution in [0.5, 0.6) is 0 Å². The number of aryl methyl sites for hydroxylation is 1. The zero-order valence-electron chi connectivity index (χ0n) is 9.86.